The van der Waals surface area contributed by atoms with E-state index in [4.69, 9.17) is 14.2 Å². The van der Waals surface area contributed by atoms with Crippen LogP contribution in [0.25, 0.3) is 0 Å². The number of esters is 3. The van der Waals surface area contributed by atoms with E-state index in [2.05, 4.69) is 106 Å². The molecule has 0 aliphatic carbocycles. The first-order valence-corrected chi connectivity index (χ1v) is 24.6. The molecule has 0 amide bonds. The second-order valence-electron chi connectivity index (χ2n) is 16.0. The van der Waals surface area contributed by atoms with Gasteiger partial charge in [-0.05, 0) is 103 Å². The molecule has 0 N–H and O–H groups in total. The third kappa shape index (κ3) is 45.7. The fraction of sp³-hybridized carbons (Fsp3) is 0.685. The molecule has 0 aromatic heterocycles. The van der Waals surface area contributed by atoms with Crippen LogP contribution in [-0.2, 0) is 28.6 Å². The Balaban J connectivity index is 4.48. The maximum Gasteiger partial charge on any atom is 0.306 e. The van der Waals surface area contributed by atoms with Crippen LogP contribution in [0.2, 0.25) is 0 Å². The highest BCUT2D eigenvalue weighted by Gasteiger charge is 2.19. The smallest absolute Gasteiger partial charge is 0.306 e. The molecule has 0 aliphatic rings. The summed E-state index contributed by atoms with van der Waals surface area (Å²) in [4.78, 5) is 37.8. The quantitative estimate of drug-likeness (QED) is 0.0263. The third-order valence-electron chi connectivity index (χ3n) is 10.1. The molecule has 0 rings (SSSR count). The lowest BCUT2D eigenvalue weighted by molar-refractivity contribution is -0.167. The molecule has 0 saturated carbocycles. The molecular formula is C54H90O6. The van der Waals surface area contributed by atoms with E-state index in [1.807, 2.05) is 0 Å². The average molecular weight is 835 g/mol. The molecule has 0 saturated heterocycles. The summed E-state index contributed by atoms with van der Waals surface area (Å²) in [5.41, 5.74) is 0. The summed E-state index contributed by atoms with van der Waals surface area (Å²) in [6.07, 6.45) is 61.4. The molecule has 0 aromatic rings. The zero-order valence-corrected chi connectivity index (χ0v) is 38.9. The number of hydrogen-bond acceptors (Lipinski definition) is 6. The predicted octanol–water partition coefficient (Wildman–Crippen LogP) is 16.0. The molecule has 0 fully saturated rings. The highest BCUT2D eigenvalue weighted by molar-refractivity contribution is 5.71. The lowest BCUT2D eigenvalue weighted by Crippen LogP contribution is -2.30. The second kappa shape index (κ2) is 48.3. The average Bonchev–Trinajstić information content (AvgIpc) is 3.24. The lowest BCUT2D eigenvalue weighted by atomic mass is 10.1. The van der Waals surface area contributed by atoms with Crippen molar-refractivity contribution in [2.24, 2.45) is 0 Å². The predicted molar refractivity (Wildman–Crippen MR) is 256 cm³/mol. The maximum absolute atomic E-state index is 12.8. The number of hydrogen-bond donors (Lipinski definition) is 0. The van der Waals surface area contributed by atoms with Gasteiger partial charge in [0.25, 0.3) is 0 Å². The molecule has 60 heavy (non-hydrogen) atoms. The Morgan fingerprint density at radius 1 is 0.350 bits per heavy atom. The van der Waals surface area contributed by atoms with E-state index in [0.717, 1.165) is 109 Å². The SMILES string of the molecule is CC/C=C\C/C=C\C/C=C\C/C=C\C/C=C\CCCC(=O)OCC(COC(=O)CCCCCCC/C=C\CCC)OC(=O)CCCCCCC/C=C\CCCCCCCC. The zero-order chi connectivity index (χ0) is 43.7. The Kier molecular flexibility index (Phi) is 45.5. The number of allylic oxidation sites excluding steroid dienone is 14. The topological polar surface area (TPSA) is 78.9 Å². The summed E-state index contributed by atoms with van der Waals surface area (Å²) >= 11 is 0. The zero-order valence-electron chi connectivity index (χ0n) is 38.9. The van der Waals surface area contributed by atoms with E-state index in [0.29, 0.717) is 19.3 Å². The van der Waals surface area contributed by atoms with Gasteiger partial charge in [-0.3, -0.25) is 14.4 Å². The van der Waals surface area contributed by atoms with Crippen molar-refractivity contribution in [2.75, 3.05) is 13.2 Å². The number of rotatable bonds is 43. The van der Waals surface area contributed by atoms with Gasteiger partial charge in [0.1, 0.15) is 13.2 Å². The van der Waals surface area contributed by atoms with Crippen LogP contribution in [0.15, 0.2) is 85.1 Å². The normalized spacial score (nSPS) is 12.8. The minimum Gasteiger partial charge on any atom is -0.462 e. The van der Waals surface area contributed by atoms with Crippen LogP contribution in [-0.4, -0.2) is 37.2 Å². The fourth-order valence-electron chi connectivity index (χ4n) is 6.41. The van der Waals surface area contributed by atoms with Crippen LogP contribution in [0.3, 0.4) is 0 Å². The summed E-state index contributed by atoms with van der Waals surface area (Å²) in [5, 5.41) is 0. The van der Waals surface area contributed by atoms with Crippen LogP contribution in [0.5, 0.6) is 0 Å². The highest BCUT2D eigenvalue weighted by Crippen LogP contribution is 2.13. The van der Waals surface area contributed by atoms with Crippen molar-refractivity contribution in [1.29, 1.82) is 0 Å². The van der Waals surface area contributed by atoms with Crippen molar-refractivity contribution < 1.29 is 28.6 Å². The van der Waals surface area contributed by atoms with E-state index in [-0.39, 0.29) is 37.5 Å². The molecule has 0 radical (unpaired) electrons. The van der Waals surface area contributed by atoms with E-state index in [1.54, 1.807) is 0 Å². The van der Waals surface area contributed by atoms with Crippen molar-refractivity contribution >= 4 is 17.9 Å². The summed E-state index contributed by atoms with van der Waals surface area (Å²) in [5.74, 6) is -0.986. The molecule has 0 bridgehead atoms. The molecule has 1 unspecified atom stereocenters. The molecule has 1 atom stereocenters. The molecule has 342 valence electrons. The van der Waals surface area contributed by atoms with Gasteiger partial charge in [-0.25, -0.2) is 0 Å². The Hall–Kier alpha value is -3.41. The largest absolute Gasteiger partial charge is 0.462 e. The van der Waals surface area contributed by atoms with Gasteiger partial charge in [0.05, 0.1) is 0 Å². The van der Waals surface area contributed by atoms with Gasteiger partial charge >= 0.3 is 17.9 Å². The first kappa shape index (κ1) is 56.6. The van der Waals surface area contributed by atoms with Crippen LogP contribution in [0.4, 0.5) is 0 Å². The number of carbonyl (C=O) groups is 3. The van der Waals surface area contributed by atoms with E-state index < -0.39 is 6.10 Å². The fourth-order valence-corrected chi connectivity index (χ4v) is 6.41. The Labute approximate surface area is 369 Å². The number of ether oxygens (including phenoxy) is 3. The molecule has 0 aliphatic heterocycles. The van der Waals surface area contributed by atoms with Gasteiger partial charge in [-0.15, -0.1) is 0 Å². The first-order valence-electron chi connectivity index (χ1n) is 24.6. The van der Waals surface area contributed by atoms with Crippen molar-refractivity contribution in [3.05, 3.63) is 85.1 Å². The number of carbonyl (C=O) groups excluding carboxylic acids is 3. The Bertz CT molecular complexity index is 1190. The minimum atomic E-state index is -0.805. The molecule has 6 heteroatoms. The molecule has 0 spiro atoms. The summed E-state index contributed by atoms with van der Waals surface area (Å²) in [6, 6.07) is 0. The van der Waals surface area contributed by atoms with Crippen LogP contribution in [0, 0.1) is 0 Å². The molecule has 0 aromatic carbocycles. The van der Waals surface area contributed by atoms with Gasteiger partial charge in [-0.1, -0.05) is 183 Å². The van der Waals surface area contributed by atoms with Gasteiger partial charge in [-0.2, -0.15) is 0 Å². The molecule has 0 heterocycles. The van der Waals surface area contributed by atoms with Crippen LogP contribution >= 0.6 is 0 Å². The van der Waals surface area contributed by atoms with Crippen molar-refractivity contribution in [2.45, 2.75) is 226 Å². The van der Waals surface area contributed by atoms with Crippen molar-refractivity contribution in [3.63, 3.8) is 0 Å². The summed E-state index contributed by atoms with van der Waals surface area (Å²) < 4.78 is 16.7. The van der Waals surface area contributed by atoms with Gasteiger partial charge in [0.2, 0.25) is 0 Å². The van der Waals surface area contributed by atoms with Crippen LogP contribution in [0.1, 0.15) is 220 Å². The van der Waals surface area contributed by atoms with E-state index in [9.17, 15) is 14.4 Å². The lowest BCUT2D eigenvalue weighted by Gasteiger charge is -2.18. The van der Waals surface area contributed by atoms with Crippen molar-refractivity contribution in [1.82, 2.24) is 0 Å². The monoisotopic (exact) mass is 835 g/mol. The molecule has 6 nitrogen and oxygen atoms in total. The Morgan fingerprint density at radius 3 is 1.17 bits per heavy atom. The summed E-state index contributed by atoms with van der Waals surface area (Å²) in [7, 11) is 0. The standard InChI is InChI=1S/C54H90O6/c1-4-7-10-13-16-19-22-24-26-27-29-30-32-35-38-41-44-47-53(56)59-50-51(49-58-52(55)46-43-40-37-34-21-18-15-12-9-6-3)60-54(57)48-45-42-39-36-33-31-28-25-23-20-17-14-11-8-5-2/h7,10,12,15-16,19,24-26,28-30,35,38,51H,4-6,8-9,11,13-14,17-18,20-23,27,31-34,36-37,39-50H2,1-3H3/b10-7-,15-12-,19-16-,26-24-,28-25-,30-29-,38-35-. The van der Waals surface area contributed by atoms with E-state index in [1.165, 1.54) is 64.2 Å². The van der Waals surface area contributed by atoms with Gasteiger partial charge in [0, 0.05) is 19.3 Å². The van der Waals surface area contributed by atoms with Gasteiger partial charge < -0.3 is 14.2 Å². The van der Waals surface area contributed by atoms with Crippen LogP contribution < -0.4 is 0 Å². The molecular weight excluding hydrogens is 745 g/mol. The number of unbranched alkanes of at least 4 members (excludes halogenated alkanes) is 18. The Morgan fingerprint density at radius 2 is 0.700 bits per heavy atom. The maximum atomic E-state index is 12.8. The summed E-state index contributed by atoms with van der Waals surface area (Å²) in [6.45, 7) is 6.38. The highest BCUT2D eigenvalue weighted by atomic mass is 16.6. The van der Waals surface area contributed by atoms with Gasteiger partial charge in [0.15, 0.2) is 6.10 Å². The first-order chi connectivity index (χ1) is 29.5. The second-order valence-corrected chi connectivity index (χ2v) is 16.0. The van der Waals surface area contributed by atoms with E-state index >= 15 is 0 Å². The van der Waals surface area contributed by atoms with Crippen molar-refractivity contribution in [3.8, 4) is 0 Å². The minimum absolute atomic E-state index is 0.103. The third-order valence-corrected chi connectivity index (χ3v) is 10.1.